The predicted octanol–water partition coefficient (Wildman–Crippen LogP) is 0.680. The number of amides is 1. The van der Waals surface area contributed by atoms with Gasteiger partial charge >= 0.3 is 0 Å². The van der Waals surface area contributed by atoms with E-state index in [0.29, 0.717) is 17.2 Å². The van der Waals surface area contributed by atoms with Crippen LogP contribution in [0.25, 0.3) is 0 Å². The lowest BCUT2D eigenvalue weighted by Crippen LogP contribution is -2.22. The van der Waals surface area contributed by atoms with Gasteiger partial charge in [-0.2, -0.15) is 4.98 Å². The molecule has 0 aliphatic rings. The van der Waals surface area contributed by atoms with Crippen LogP contribution in [0.4, 0.5) is 0 Å². The lowest BCUT2D eigenvalue weighted by atomic mass is 10.2. The summed E-state index contributed by atoms with van der Waals surface area (Å²) in [5, 5.41) is 6.32. The van der Waals surface area contributed by atoms with E-state index < -0.39 is 0 Å². The Bertz CT molecular complexity index is 622. The van der Waals surface area contributed by atoms with E-state index >= 15 is 0 Å². The normalized spacial score (nSPS) is 9.79. The fourth-order valence-corrected chi connectivity index (χ4v) is 2.33. The molecule has 0 spiro atoms. The molecule has 0 radical (unpaired) electrons. The van der Waals surface area contributed by atoms with Gasteiger partial charge in [-0.3, -0.25) is 4.79 Å². The molecule has 0 saturated heterocycles. The standard InChI is InChI=1S/C12H12N4O2S/c1-8-5-10(19-9(8)3-2-4-13)12(17)14-6-11-15-7-18-16-11/h5,7H,4,6,13H2,1H3,(H,14,17). The van der Waals surface area contributed by atoms with Crippen LogP contribution in [0.3, 0.4) is 0 Å². The molecule has 1 amide bonds. The van der Waals surface area contributed by atoms with Crippen LogP contribution < -0.4 is 11.1 Å². The van der Waals surface area contributed by atoms with Gasteiger partial charge < -0.3 is 15.6 Å². The number of carbonyl (C=O) groups excluding carboxylic acids is 1. The van der Waals surface area contributed by atoms with Crippen molar-refractivity contribution in [3.63, 3.8) is 0 Å². The average Bonchev–Trinajstić information content (AvgIpc) is 3.03. The van der Waals surface area contributed by atoms with Crippen molar-refractivity contribution < 1.29 is 9.32 Å². The summed E-state index contributed by atoms with van der Waals surface area (Å²) >= 11 is 1.34. The molecule has 0 atom stereocenters. The Kier molecular flexibility index (Phi) is 4.28. The smallest absolute Gasteiger partial charge is 0.261 e. The maximum absolute atomic E-state index is 11.9. The number of aromatic nitrogens is 2. The van der Waals surface area contributed by atoms with Crippen LogP contribution in [-0.2, 0) is 6.54 Å². The second-order valence-corrected chi connectivity index (χ2v) is 4.71. The van der Waals surface area contributed by atoms with E-state index in [-0.39, 0.29) is 12.5 Å². The molecule has 0 bridgehead atoms. The average molecular weight is 276 g/mol. The zero-order valence-corrected chi connectivity index (χ0v) is 11.1. The first-order chi connectivity index (χ1) is 9.20. The molecule has 2 aromatic rings. The summed E-state index contributed by atoms with van der Waals surface area (Å²) in [5.41, 5.74) is 6.29. The topological polar surface area (TPSA) is 94.0 Å². The van der Waals surface area contributed by atoms with Crippen molar-refractivity contribution in [3.8, 4) is 11.8 Å². The second-order valence-electron chi connectivity index (χ2n) is 3.66. The Morgan fingerprint density at radius 1 is 1.63 bits per heavy atom. The summed E-state index contributed by atoms with van der Waals surface area (Å²) in [7, 11) is 0. The molecule has 6 nitrogen and oxygen atoms in total. The summed E-state index contributed by atoms with van der Waals surface area (Å²) in [5.74, 6) is 5.97. The van der Waals surface area contributed by atoms with Crippen molar-refractivity contribution in [1.82, 2.24) is 15.5 Å². The zero-order chi connectivity index (χ0) is 13.7. The summed E-state index contributed by atoms with van der Waals surface area (Å²) in [6.07, 6.45) is 1.22. The first-order valence-electron chi connectivity index (χ1n) is 5.53. The molecule has 0 aromatic carbocycles. The summed E-state index contributed by atoms with van der Waals surface area (Å²) < 4.78 is 4.58. The van der Waals surface area contributed by atoms with Gasteiger partial charge in [-0.25, -0.2) is 0 Å². The van der Waals surface area contributed by atoms with Crippen molar-refractivity contribution in [2.24, 2.45) is 5.73 Å². The molecule has 0 fully saturated rings. The van der Waals surface area contributed by atoms with Gasteiger partial charge in [-0.1, -0.05) is 17.0 Å². The number of rotatable bonds is 3. The fraction of sp³-hybridized carbons (Fsp3) is 0.250. The van der Waals surface area contributed by atoms with Crippen LogP contribution >= 0.6 is 11.3 Å². The van der Waals surface area contributed by atoms with Crippen molar-refractivity contribution in [3.05, 3.63) is 33.6 Å². The number of hydrogen-bond donors (Lipinski definition) is 2. The molecule has 7 heteroatoms. The lowest BCUT2D eigenvalue weighted by molar-refractivity contribution is 0.0953. The van der Waals surface area contributed by atoms with E-state index in [4.69, 9.17) is 5.73 Å². The first-order valence-corrected chi connectivity index (χ1v) is 6.35. The summed E-state index contributed by atoms with van der Waals surface area (Å²) in [4.78, 5) is 17.2. The van der Waals surface area contributed by atoms with Crippen molar-refractivity contribution in [1.29, 1.82) is 0 Å². The molecule has 0 aliphatic heterocycles. The summed E-state index contributed by atoms with van der Waals surface area (Å²) in [6.45, 7) is 2.44. The molecule has 0 unspecified atom stereocenters. The van der Waals surface area contributed by atoms with E-state index in [1.807, 2.05) is 6.92 Å². The predicted molar refractivity (Wildman–Crippen MR) is 70.5 cm³/mol. The van der Waals surface area contributed by atoms with Crippen molar-refractivity contribution in [2.45, 2.75) is 13.5 Å². The molecule has 0 aliphatic carbocycles. The molecule has 2 rings (SSSR count). The Balaban J connectivity index is 2.03. The maximum atomic E-state index is 11.9. The van der Waals surface area contributed by atoms with E-state index in [1.165, 1.54) is 17.7 Å². The van der Waals surface area contributed by atoms with E-state index in [9.17, 15) is 4.79 Å². The molecule has 0 saturated carbocycles. The largest absolute Gasteiger partial charge is 0.344 e. The van der Waals surface area contributed by atoms with Crippen molar-refractivity contribution >= 4 is 17.2 Å². The van der Waals surface area contributed by atoms with Crippen LogP contribution in [-0.4, -0.2) is 22.6 Å². The highest BCUT2D eigenvalue weighted by Gasteiger charge is 2.12. The highest BCUT2D eigenvalue weighted by Crippen LogP contribution is 2.20. The van der Waals surface area contributed by atoms with Gasteiger partial charge in [-0.15, -0.1) is 11.3 Å². The van der Waals surface area contributed by atoms with E-state index in [2.05, 4.69) is 31.8 Å². The number of carbonyl (C=O) groups is 1. The van der Waals surface area contributed by atoms with Crippen LogP contribution in [0.1, 0.15) is 25.9 Å². The number of aryl methyl sites for hydroxylation is 1. The number of nitrogens with one attached hydrogen (secondary N) is 1. The van der Waals surface area contributed by atoms with E-state index in [0.717, 1.165) is 10.4 Å². The van der Waals surface area contributed by atoms with Crippen molar-refractivity contribution in [2.75, 3.05) is 6.54 Å². The van der Waals surface area contributed by atoms with Crippen LogP contribution in [0.2, 0.25) is 0 Å². The van der Waals surface area contributed by atoms with Gasteiger partial charge in [-0.05, 0) is 18.6 Å². The molecule has 2 aromatic heterocycles. The minimum atomic E-state index is -0.182. The Morgan fingerprint density at radius 2 is 2.47 bits per heavy atom. The molecular formula is C12H12N4O2S. The number of nitrogens with two attached hydrogens (primary N) is 1. The quantitative estimate of drug-likeness (QED) is 0.804. The van der Waals surface area contributed by atoms with Crippen LogP contribution in [0, 0.1) is 18.8 Å². The Hall–Kier alpha value is -2.17. The van der Waals surface area contributed by atoms with Gasteiger partial charge in [0.25, 0.3) is 5.91 Å². The first kappa shape index (κ1) is 13.3. The monoisotopic (exact) mass is 276 g/mol. The minimum absolute atomic E-state index is 0.182. The van der Waals surface area contributed by atoms with Crippen LogP contribution in [0.15, 0.2) is 17.0 Å². The third-order valence-electron chi connectivity index (χ3n) is 2.26. The number of hydrogen-bond acceptors (Lipinski definition) is 6. The highest BCUT2D eigenvalue weighted by atomic mass is 32.1. The Labute approximate surface area is 114 Å². The third kappa shape index (κ3) is 3.40. The zero-order valence-electron chi connectivity index (χ0n) is 10.3. The minimum Gasteiger partial charge on any atom is -0.344 e. The number of nitrogens with zero attached hydrogens (tertiary/aromatic N) is 2. The number of thiophene rings is 1. The van der Waals surface area contributed by atoms with Gasteiger partial charge in [0.05, 0.1) is 22.8 Å². The van der Waals surface area contributed by atoms with Gasteiger partial charge in [0.15, 0.2) is 5.82 Å². The highest BCUT2D eigenvalue weighted by molar-refractivity contribution is 7.14. The van der Waals surface area contributed by atoms with Gasteiger partial charge in [0, 0.05) is 0 Å². The molecule has 3 N–H and O–H groups in total. The fourth-order valence-electron chi connectivity index (χ4n) is 1.37. The van der Waals surface area contributed by atoms with Crippen LogP contribution in [0.5, 0.6) is 0 Å². The molecule has 2 heterocycles. The second kappa shape index (κ2) is 6.13. The lowest BCUT2D eigenvalue weighted by Gasteiger charge is -1.98. The summed E-state index contributed by atoms with van der Waals surface area (Å²) in [6, 6.07) is 1.80. The van der Waals surface area contributed by atoms with E-state index in [1.54, 1.807) is 6.07 Å². The SMILES string of the molecule is Cc1cc(C(=O)NCc2ncon2)sc1C#CCN. The molecule has 98 valence electrons. The maximum Gasteiger partial charge on any atom is 0.261 e. The third-order valence-corrected chi connectivity index (χ3v) is 3.41. The Morgan fingerprint density at radius 3 is 3.16 bits per heavy atom. The van der Waals surface area contributed by atoms with Gasteiger partial charge in [0.2, 0.25) is 6.39 Å². The molecular weight excluding hydrogens is 264 g/mol. The van der Waals surface area contributed by atoms with Gasteiger partial charge in [0.1, 0.15) is 0 Å². The molecule has 19 heavy (non-hydrogen) atoms.